The van der Waals surface area contributed by atoms with E-state index in [1.165, 1.54) is 5.56 Å². The van der Waals surface area contributed by atoms with Crippen molar-refractivity contribution in [1.29, 1.82) is 0 Å². The molecule has 0 saturated carbocycles. The summed E-state index contributed by atoms with van der Waals surface area (Å²) in [6, 6.07) is 11.7. The van der Waals surface area contributed by atoms with Crippen molar-refractivity contribution < 1.29 is 9.53 Å². The van der Waals surface area contributed by atoms with Gasteiger partial charge in [0.25, 0.3) is 0 Å². The molecule has 0 aliphatic rings. The Hall–Kier alpha value is -2.56. The summed E-state index contributed by atoms with van der Waals surface area (Å²) in [5.74, 6) is 1.35. The molecule has 0 aliphatic carbocycles. The third-order valence-electron chi connectivity index (χ3n) is 3.42. The normalized spacial score (nSPS) is 10.4. The van der Waals surface area contributed by atoms with E-state index >= 15 is 0 Å². The summed E-state index contributed by atoms with van der Waals surface area (Å²) in [6.45, 7) is 4.50. The van der Waals surface area contributed by atoms with Crippen LogP contribution in [0, 0.1) is 5.92 Å². The number of methoxy groups -OCH3 is 1. The molecular weight excluding hydrogens is 290 g/mol. The van der Waals surface area contributed by atoms with Gasteiger partial charge in [-0.05, 0) is 36.2 Å². The molecule has 2 N–H and O–H groups in total. The molecule has 0 saturated heterocycles. The minimum Gasteiger partial charge on any atom is -0.497 e. The molecule has 0 radical (unpaired) electrons. The lowest BCUT2D eigenvalue weighted by atomic mass is 10.1. The predicted octanol–water partition coefficient (Wildman–Crippen LogP) is 3.34. The molecule has 1 aromatic heterocycles. The summed E-state index contributed by atoms with van der Waals surface area (Å²) in [5.41, 5.74) is 2.14. The molecule has 1 aromatic carbocycles. The summed E-state index contributed by atoms with van der Waals surface area (Å²) in [7, 11) is 1.67. The average molecular weight is 313 g/mol. The number of hydrogen-bond acceptors (Lipinski definition) is 4. The van der Waals surface area contributed by atoms with E-state index in [0.29, 0.717) is 5.82 Å². The summed E-state index contributed by atoms with van der Waals surface area (Å²) < 4.78 is 5.22. The van der Waals surface area contributed by atoms with E-state index in [2.05, 4.69) is 21.7 Å². The van der Waals surface area contributed by atoms with Crippen molar-refractivity contribution in [1.82, 2.24) is 4.98 Å². The Bertz CT molecular complexity index is 639. The summed E-state index contributed by atoms with van der Waals surface area (Å²) in [6.07, 6.45) is 2.62. The topological polar surface area (TPSA) is 63.2 Å². The van der Waals surface area contributed by atoms with Gasteiger partial charge < -0.3 is 15.4 Å². The standard InChI is InChI=1S/C18H23N3O2/c1-13(2)18(22)21-17-8-7-15(12-20-17)19-10-9-14-5-4-6-16(11-14)23-3/h4-8,11-13,19H,9-10H2,1-3H3,(H,20,21,22). The zero-order valence-electron chi connectivity index (χ0n) is 13.8. The monoisotopic (exact) mass is 313 g/mol. The molecule has 0 fully saturated rings. The number of amides is 1. The fourth-order valence-corrected chi connectivity index (χ4v) is 2.02. The number of benzene rings is 1. The first-order chi connectivity index (χ1) is 11.1. The van der Waals surface area contributed by atoms with Gasteiger partial charge in [-0.1, -0.05) is 26.0 Å². The maximum Gasteiger partial charge on any atom is 0.228 e. The molecule has 1 heterocycles. The van der Waals surface area contributed by atoms with E-state index in [0.717, 1.165) is 24.4 Å². The number of anilines is 2. The van der Waals surface area contributed by atoms with Gasteiger partial charge in [-0.25, -0.2) is 4.98 Å². The van der Waals surface area contributed by atoms with Crippen LogP contribution in [0.5, 0.6) is 5.75 Å². The van der Waals surface area contributed by atoms with Crippen molar-refractivity contribution in [3.05, 3.63) is 48.2 Å². The Morgan fingerprint density at radius 1 is 1.26 bits per heavy atom. The Morgan fingerprint density at radius 3 is 2.74 bits per heavy atom. The lowest BCUT2D eigenvalue weighted by molar-refractivity contribution is -0.118. The zero-order chi connectivity index (χ0) is 16.7. The average Bonchev–Trinajstić information content (AvgIpc) is 2.56. The van der Waals surface area contributed by atoms with Gasteiger partial charge in [-0.2, -0.15) is 0 Å². The maximum absolute atomic E-state index is 11.6. The third-order valence-corrected chi connectivity index (χ3v) is 3.42. The third kappa shape index (κ3) is 5.29. The maximum atomic E-state index is 11.6. The fourth-order valence-electron chi connectivity index (χ4n) is 2.02. The van der Waals surface area contributed by atoms with Crippen LogP contribution < -0.4 is 15.4 Å². The number of pyridine rings is 1. The molecule has 0 bridgehead atoms. The van der Waals surface area contributed by atoms with Gasteiger partial charge >= 0.3 is 0 Å². The van der Waals surface area contributed by atoms with Crippen LogP contribution in [-0.4, -0.2) is 24.5 Å². The lowest BCUT2D eigenvalue weighted by Crippen LogP contribution is -2.18. The van der Waals surface area contributed by atoms with Gasteiger partial charge in [0.15, 0.2) is 0 Å². The molecule has 23 heavy (non-hydrogen) atoms. The first kappa shape index (κ1) is 16.8. The molecule has 2 rings (SSSR count). The molecule has 0 spiro atoms. The quantitative estimate of drug-likeness (QED) is 0.823. The smallest absolute Gasteiger partial charge is 0.228 e. The molecule has 0 unspecified atom stereocenters. The number of nitrogens with one attached hydrogen (secondary N) is 2. The van der Waals surface area contributed by atoms with Crippen LogP contribution in [-0.2, 0) is 11.2 Å². The van der Waals surface area contributed by atoms with Crippen molar-refractivity contribution in [2.24, 2.45) is 5.92 Å². The van der Waals surface area contributed by atoms with Crippen LogP contribution in [0.1, 0.15) is 19.4 Å². The Balaban J connectivity index is 1.83. The summed E-state index contributed by atoms with van der Waals surface area (Å²) in [4.78, 5) is 15.8. The number of rotatable bonds is 7. The lowest BCUT2D eigenvalue weighted by Gasteiger charge is -2.09. The van der Waals surface area contributed by atoms with Crippen molar-refractivity contribution in [2.45, 2.75) is 20.3 Å². The first-order valence-corrected chi connectivity index (χ1v) is 7.72. The van der Waals surface area contributed by atoms with Crippen molar-refractivity contribution >= 4 is 17.4 Å². The highest BCUT2D eigenvalue weighted by Crippen LogP contribution is 2.14. The van der Waals surface area contributed by atoms with Crippen molar-refractivity contribution in [3.8, 4) is 5.75 Å². The molecule has 5 nitrogen and oxygen atoms in total. The van der Waals surface area contributed by atoms with Gasteiger partial charge in [0, 0.05) is 12.5 Å². The molecule has 0 atom stereocenters. The van der Waals surface area contributed by atoms with Gasteiger partial charge in [-0.3, -0.25) is 4.79 Å². The minimum absolute atomic E-state index is 0.0313. The highest BCUT2D eigenvalue weighted by atomic mass is 16.5. The van der Waals surface area contributed by atoms with Gasteiger partial charge in [0.2, 0.25) is 5.91 Å². The molecule has 1 amide bonds. The van der Waals surface area contributed by atoms with Crippen molar-refractivity contribution in [2.75, 3.05) is 24.3 Å². The fraction of sp³-hybridized carbons (Fsp3) is 0.333. The number of hydrogen-bond donors (Lipinski definition) is 2. The van der Waals surface area contributed by atoms with Crippen LogP contribution in [0.2, 0.25) is 0 Å². The Labute approximate surface area is 137 Å². The van der Waals surface area contributed by atoms with Crippen LogP contribution in [0.4, 0.5) is 11.5 Å². The minimum atomic E-state index is -0.0579. The number of carbonyl (C=O) groups is 1. The van der Waals surface area contributed by atoms with E-state index in [1.54, 1.807) is 19.4 Å². The molecular formula is C18H23N3O2. The highest BCUT2D eigenvalue weighted by Gasteiger charge is 2.07. The van der Waals surface area contributed by atoms with Gasteiger partial charge in [0.1, 0.15) is 11.6 Å². The van der Waals surface area contributed by atoms with Crippen LogP contribution >= 0.6 is 0 Å². The summed E-state index contributed by atoms with van der Waals surface area (Å²) >= 11 is 0. The number of carbonyl (C=O) groups excluding carboxylic acids is 1. The molecule has 122 valence electrons. The molecule has 2 aromatic rings. The first-order valence-electron chi connectivity index (χ1n) is 7.72. The second-order valence-corrected chi connectivity index (χ2v) is 5.60. The van der Waals surface area contributed by atoms with E-state index in [1.807, 2.05) is 38.1 Å². The van der Waals surface area contributed by atoms with Gasteiger partial charge in [0.05, 0.1) is 19.0 Å². The Kier molecular flexibility index (Phi) is 5.97. The number of ether oxygens (including phenoxy) is 1. The largest absolute Gasteiger partial charge is 0.497 e. The molecule has 5 heteroatoms. The van der Waals surface area contributed by atoms with E-state index in [9.17, 15) is 4.79 Å². The van der Waals surface area contributed by atoms with Crippen LogP contribution in [0.15, 0.2) is 42.6 Å². The summed E-state index contributed by atoms with van der Waals surface area (Å²) in [5, 5.41) is 6.09. The van der Waals surface area contributed by atoms with E-state index < -0.39 is 0 Å². The highest BCUT2D eigenvalue weighted by molar-refractivity contribution is 5.91. The predicted molar refractivity (Wildman–Crippen MR) is 92.9 cm³/mol. The zero-order valence-corrected chi connectivity index (χ0v) is 13.8. The SMILES string of the molecule is COc1cccc(CCNc2ccc(NC(=O)C(C)C)nc2)c1. The van der Waals surface area contributed by atoms with Gasteiger partial charge in [-0.15, -0.1) is 0 Å². The van der Waals surface area contributed by atoms with Crippen molar-refractivity contribution in [3.63, 3.8) is 0 Å². The Morgan fingerprint density at radius 2 is 2.09 bits per heavy atom. The second-order valence-electron chi connectivity index (χ2n) is 5.60. The second kappa shape index (κ2) is 8.17. The van der Waals surface area contributed by atoms with E-state index in [4.69, 9.17) is 4.74 Å². The number of nitrogens with zero attached hydrogens (tertiary/aromatic N) is 1. The van der Waals surface area contributed by atoms with Crippen LogP contribution in [0.25, 0.3) is 0 Å². The van der Waals surface area contributed by atoms with E-state index in [-0.39, 0.29) is 11.8 Å². The van der Waals surface area contributed by atoms with Crippen LogP contribution in [0.3, 0.4) is 0 Å². The molecule has 0 aliphatic heterocycles. The number of aromatic nitrogens is 1.